The fraction of sp³-hybridized carbons (Fsp3) is 0.355. The summed E-state index contributed by atoms with van der Waals surface area (Å²) >= 11 is 0. The van der Waals surface area contributed by atoms with Gasteiger partial charge in [-0.2, -0.15) is 0 Å². The van der Waals surface area contributed by atoms with E-state index in [2.05, 4.69) is 42.6 Å². The van der Waals surface area contributed by atoms with Gasteiger partial charge in [-0.25, -0.2) is 0 Å². The Labute approximate surface area is 210 Å². The molecule has 0 bridgehead atoms. The zero-order valence-electron chi connectivity index (χ0n) is 21.4. The molecular weight excluding hydrogens is 432 g/mol. The van der Waals surface area contributed by atoms with Crippen LogP contribution in [0.1, 0.15) is 68.2 Å². The molecular formula is C31H38N2O2. The summed E-state index contributed by atoms with van der Waals surface area (Å²) in [6, 6.07) is 27.9. The molecule has 0 aromatic heterocycles. The van der Waals surface area contributed by atoms with Crippen LogP contribution in [-0.4, -0.2) is 28.8 Å². The minimum atomic E-state index is -0.525. The predicted octanol–water partition coefficient (Wildman–Crippen LogP) is 6.24. The molecule has 0 fully saturated rings. The van der Waals surface area contributed by atoms with Crippen molar-refractivity contribution >= 4 is 11.8 Å². The number of carbonyl (C=O) groups is 2. The largest absolute Gasteiger partial charge is 0.352 e. The van der Waals surface area contributed by atoms with E-state index in [1.54, 1.807) is 4.90 Å². The minimum Gasteiger partial charge on any atom is -0.352 e. The number of carbonyl (C=O) groups excluding carboxylic acids is 2. The van der Waals surface area contributed by atoms with Crippen molar-refractivity contribution in [1.29, 1.82) is 0 Å². The first kappa shape index (κ1) is 26.2. The van der Waals surface area contributed by atoms with Crippen LogP contribution >= 0.6 is 0 Å². The highest BCUT2D eigenvalue weighted by molar-refractivity contribution is 5.88. The lowest BCUT2D eigenvalue weighted by Gasteiger charge is -2.33. The molecule has 4 nitrogen and oxygen atoms in total. The highest BCUT2D eigenvalue weighted by Gasteiger charge is 2.31. The molecule has 35 heavy (non-hydrogen) atoms. The van der Waals surface area contributed by atoms with Crippen LogP contribution in [0, 0.1) is 6.92 Å². The van der Waals surface area contributed by atoms with Crippen LogP contribution in [0.3, 0.4) is 0 Å². The van der Waals surface area contributed by atoms with Gasteiger partial charge in [-0.3, -0.25) is 9.59 Å². The van der Waals surface area contributed by atoms with Gasteiger partial charge < -0.3 is 10.2 Å². The SMILES string of the molecule is CC[C@H](C)NC(=O)[C@H](CC)N(Cc1ccccc1C)C(=O)CC(c1ccccc1)c1ccccc1. The van der Waals surface area contributed by atoms with Crippen molar-refractivity contribution in [2.24, 2.45) is 0 Å². The zero-order valence-corrected chi connectivity index (χ0v) is 21.4. The summed E-state index contributed by atoms with van der Waals surface area (Å²) in [6.45, 7) is 8.49. The molecule has 0 saturated carbocycles. The Balaban J connectivity index is 1.96. The molecule has 2 amide bonds. The molecule has 2 atom stereocenters. The molecule has 0 radical (unpaired) electrons. The van der Waals surface area contributed by atoms with Crippen LogP contribution in [-0.2, 0) is 16.1 Å². The number of hydrogen-bond donors (Lipinski definition) is 1. The minimum absolute atomic E-state index is 0.0166. The Morgan fingerprint density at radius 1 is 0.800 bits per heavy atom. The molecule has 0 aliphatic rings. The summed E-state index contributed by atoms with van der Waals surface area (Å²) in [5.41, 5.74) is 4.37. The van der Waals surface area contributed by atoms with Crippen molar-refractivity contribution in [2.45, 2.75) is 71.5 Å². The number of rotatable bonds is 11. The molecule has 3 rings (SSSR count). The lowest BCUT2D eigenvalue weighted by molar-refractivity contribution is -0.141. The quantitative estimate of drug-likeness (QED) is 0.361. The zero-order chi connectivity index (χ0) is 25.2. The van der Waals surface area contributed by atoms with Crippen molar-refractivity contribution in [2.75, 3.05) is 0 Å². The highest BCUT2D eigenvalue weighted by Crippen LogP contribution is 2.30. The van der Waals surface area contributed by atoms with Gasteiger partial charge in [0.05, 0.1) is 0 Å². The fourth-order valence-electron chi connectivity index (χ4n) is 4.42. The van der Waals surface area contributed by atoms with Crippen molar-refractivity contribution in [3.8, 4) is 0 Å². The molecule has 0 spiro atoms. The van der Waals surface area contributed by atoms with Gasteiger partial charge in [0.2, 0.25) is 11.8 Å². The molecule has 1 N–H and O–H groups in total. The summed E-state index contributed by atoms with van der Waals surface area (Å²) in [5.74, 6) is -0.184. The second-order valence-corrected chi connectivity index (χ2v) is 9.27. The molecule has 0 unspecified atom stereocenters. The van der Waals surface area contributed by atoms with Gasteiger partial charge in [-0.15, -0.1) is 0 Å². The molecule has 3 aromatic carbocycles. The van der Waals surface area contributed by atoms with E-state index in [-0.39, 0.29) is 23.8 Å². The van der Waals surface area contributed by atoms with Gasteiger partial charge >= 0.3 is 0 Å². The lowest BCUT2D eigenvalue weighted by atomic mass is 9.88. The van der Waals surface area contributed by atoms with E-state index >= 15 is 0 Å². The average molecular weight is 471 g/mol. The molecule has 0 aliphatic heterocycles. The van der Waals surface area contributed by atoms with Gasteiger partial charge in [0, 0.05) is 24.9 Å². The number of benzene rings is 3. The first-order valence-electron chi connectivity index (χ1n) is 12.7. The third kappa shape index (κ3) is 7.05. The summed E-state index contributed by atoms with van der Waals surface area (Å²) in [4.78, 5) is 29.1. The summed E-state index contributed by atoms with van der Waals surface area (Å²) in [6.07, 6.45) is 1.70. The van der Waals surface area contributed by atoms with Gasteiger partial charge in [-0.1, -0.05) is 98.8 Å². The molecule has 0 aliphatic carbocycles. The molecule has 3 aromatic rings. The Hall–Kier alpha value is -3.40. The van der Waals surface area contributed by atoms with Crippen LogP contribution in [0.4, 0.5) is 0 Å². The molecule has 0 saturated heterocycles. The van der Waals surface area contributed by atoms with Crippen molar-refractivity contribution in [3.63, 3.8) is 0 Å². The Kier molecular flexibility index (Phi) is 9.66. The van der Waals surface area contributed by atoms with Gasteiger partial charge in [-0.05, 0) is 48.9 Å². The number of amides is 2. The topological polar surface area (TPSA) is 49.4 Å². The number of nitrogens with zero attached hydrogens (tertiary/aromatic N) is 1. The third-order valence-corrected chi connectivity index (χ3v) is 6.77. The van der Waals surface area contributed by atoms with E-state index in [4.69, 9.17) is 0 Å². The maximum Gasteiger partial charge on any atom is 0.243 e. The number of nitrogens with one attached hydrogen (secondary N) is 1. The lowest BCUT2D eigenvalue weighted by Crippen LogP contribution is -2.51. The monoisotopic (exact) mass is 470 g/mol. The molecule has 184 valence electrons. The van der Waals surface area contributed by atoms with Crippen LogP contribution in [0.5, 0.6) is 0 Å². The second-order valence-electron chi connectivity index (χ2n) is 9.27. The van der Waals surface area contributed by atoms with Crippen molar-refractivity contribution in [1.82, 2.24) is 10.2 Å². The maximum atomic E-state index is 14.0. The van der Waals surface area contributed by atoms with E-state index in [0.717, 1.165) is 28.7 Å². The third-order valence-electron chi connectivity index (χ3n) is 6.77. The van der Waals surface area contributed by atoms with E-state index in [9.17, 15) is 9.59 Å². The van der Waals surface area contributed by atoms with Gasteiger partial charge in [0.15, 0.2) is 0 Å². The smallest absolute Gasteiger partial charge is 0.243 e. The van der Waals surface area contributed by atoms with Crippen LogP contribution < -0.4 is 5.32 Å². The Morgan fingerprint density at radius 3 is 1.86 bits per heavy atom. The first-order valence-corrected chi connectivity index (χ1v) is 12.7. The molecule has 0 heterocycles. The van der Waals surface area contributed by atoms with Gasteiger partial charge in [0.1, 0.15) is 6.04 Å². The second kappa shape index (κ2) is 12.9. The first-order chi connectivity index (χ1) is 16.9. The molecule has 4 heteroatoms. The van der Waals surface area contributed by atoms with Crippen LogP contribution in [0.2, 0.25) is 0 Å². The average Bonchev–Trinajstić information content (AvgIpc) is 2.89. The van der Waals surface area contributed by atoms with Crippen LogP contribution in [0.25, 0.3) is 0 Å². The Morgan fingerprint density at radius 2 is 1.34 bits per heavy atom. The summed E-state index contributed by atoms with van der Waals surface area (Å²) < 4.78 is 0. The van der Waals surface area contributed by atoms with Crippen molar-refractivity contribution in [3.05, 3.63) is 107 Å². The normalized spacial score (nSPS) is 12.7. The van der Waals surface area contributed by atoms with E-state index < -0.39 is 6.04 Å². The summed E-state index contributed by atoms with van der Waals surface area (Å²) in [5, 5.41) is 3.10. The van der Waals surface area contributed by atoms with Crippen molar-refractivity contribution < 1.29 is 9.59 Å². The fourth-order valence-corrected chi connectivity index (χ4v) is 4.42. The summed E-state index contributed by atoms with van der Waals surface area (Å²) in [7, 11) is 0. The Bertz CT molecular complexity index is 1040. The van der Waals surface area contributed by atoms with E-state index in [1.165, 1.54) is 0 Å². The van der Waals surface area contributed by atoms with Gasteiger partial charge in [0.25, 0.3) is 0 Å². The predicted molar refractivity (Wildman–Crippen MR) is 143 cm³/mol. The highest BCUT2D eigenvalue weighted by atomic mass is 16.2. The maximum absolute atomic E-state index is 14.0. The van der Waals surface area contributed by atoms with E-state index in [1.807, 2.05) is 75.4 Å². The number of aryl methyl sites for hydroxylation is 1. The van der Waals surface area contributed by atoms with E-state index in [0.29, 0.717) is 19.4 Å². The number of hydrogen-bond acceptors (Lipinski definition) is 2. The standard InChI is InChI=1S/C31H38N2O2/c1-5-24(4)32-31(35)29(6-2)33(22-27-20-14-13-15-23(27)3)30(34)21-28(25-16-9-7-10-17-25)26-18-11-8-12-19-26/h7-20,24,28-29H,5-6,21-22H2,1-4H3,(H,32,35)/t24-,29-/m0/s1. The van der Waals surface area contributed by atoms with Crippen LogP contribution in [0.15, 0.2) is 84.9 Å².